The topological polar surface area (TPSA) is 38.0 Å². The van der Waals surface area contributed by atoms with Crippen molar-refractivity contribution in [3.63, 3.8) is 0 Å². The molecule has 3 nitrogen and oxygen atoms in total. The van der Waals surface area contributed by atoms with E-state index in [0.29, 0.717) is 12.4 Å². The van der Waals surface area contributed by atoms with E-state index in [2.05, 4.69) is 42.7 Å². The average Bonchev–Trinajstić information content (AvgIpc) is 3.03. The van der Waals surface area contributed by atoms with Crippen LogP contribution in [-0.4, -0.2) is 14.7 Å². The lowest BCUT2D eigenvalue weighted by Crippen LogP contribution is -2.11. The van der Waals surface area contributed by atoms with E-state index >= 15 is 0 Å². The smallest absolute Gasteiger partial charge is 0.143 e. The largest absolute Gasteiger partial charge is 0.380 e. The molecule has 3 aromatic carbocycles. The highest BCUT2D eigenvalue weighted by Gasteiger charge is 2.20. The molecule has 4 rings (SSSR count). The molecule has 3 heteroatoms. The molecule has 1 heterocycles. The van der Waals surface area contributed by atoms with Crippen LogP contribution in [0.5, 0.6) is 0 Å². The van der Waals surface area contributed by atoms with Gasteiger partial charge in [0.25, 0.3) is 0 Å². The van der Waals surface area contributed by atoms with Crippen molar-refractivity contribution in [2.75, 3.05) is 0 Å². The summed E-state index contributed by atoms with van der Waals surface area (Å²) in [7, 11) is 0. The molecule has 1 atom stereocenters. The Bertz CT molecular complexity index is 1050. The Hall–Kier alpha value is -2.91. The molecule has 0 aliphatic rings. The maximum Gasteiger partial charge on any atom is 0.143 e. The lowest BCUT2D eigenvalue weighted by molar-refractivity contribution is 0.206. The normalized spacial score (nSPS) is 12.4. The fourth-order valence-electron chi connectivity index (χ4n) is 3.39. The first-order valence-corrected chi connectivity index (χ1v) is 8.88. The highest BCUT2D eigenvalue weighted by atomic mass is 16.3. The fraction of sp³-hybridized carbons (Fsp3) is 0.174. The summed E-state index contributed by atoms with van der Waals surface area (Å²) in [5.74, 6) is 0.679. The van der Waals surface area contributed by atoms with Gasteiger partial charge in [0.1, 0.15) is 11.9 Å². The molecule has 0 spiro atoms. The van der Waals surface area contributed by atoms with Crippen LogP contribution in [0.1, 0.15) is 34.2 Å². The minimum Gasteiger partial charge on any atom is -0.380 e. The number of aromatic nitrogens is 2. The van der Waals surface area contributed by atoms with Gasteiger partial charge in [0.05, 0.1) is 11.0 Å². The van der Waals surface area contributed by atoms with Gasteiger partial charge in [-0.05, 0) is 42.7 Å². The molecule has 0 saturated heterocycles. The van der Waals surface area contributed by atoms with Crippen molar-refractivity contribution >= 4 is 11.0 Å². The SMILES string of the molecule is Cc1ccc(C)c(Cn2c([C@@H](O)c3ccccc3)nc3ccccc32)c1. The van der Waals surface area contributed by atoms with Crippen LogP contribution in [-0.2, 0) is 6.54 Å². The van der Waals surface area contributed by atoms with E-state index in [-0.39, 0.29) is 0 Å². The van der Waals surface area contributed by atoms with E-state index < -0.39 is 6.10 Å². The van der Waals surface area contributed by atoms with Gasteiger partial charge in [0, 0.05) is 6.54 Å². The van der Waals surface area contributed by atoms with Crippen molar-refractivity contribution < 1.29 is 5.11 Å². The second kappa shape index (κ2) is 6.77. The van der Waals surface area contributed by atoms with E-state index in [1.807, 2.05) is 48.5 Å². The van der Waals surface area contributed by atoms with E-state index in [1.165, 1.54) is 16.7 Å². The number of hydrogen-bond acceptors (Lipinski definition) is 2. The van der Waals surface area contributed by atoms with Gasteiger partial charge in [-0.25, -0.2) is 4.98 Å². The van der Waals surface area contributed by atoms with Gasteiger partial charge in [-0.3, -0.25) is 0 Å². The van der Waals surface area contributed by atoms with Crippen LogP contribution < -0.4 is 0 Å². The first kappa shape index (κ1) is 16.6. The maximum absolute atomic E-state index is 11.0. The van der Waals surface area contributed by atoms with Gasteiger partial charge in [0.2, 0.25) is 0 Å². The number of aryl methyl sites for hydroxylation is 2. The van der Waals surface area contributed by atoms with Gasteiger partial charge < -0.3 is 9.67 Å². The van der Waals surface area contributed by atoms with Crippen LogP contribution in [0.15, 0.2) is 72.8 Å². The molecule has 0 unspecified atom stereocenters. The minimum atomic E-state index is -0.756. The van der Waals surface area contributed by atoms with E-state index in [1.54, 1.807) is 0 Å². The summed E-state index contributed by atoms with van der Waals surface area (Å²) >= 11 is 0. The van der Waals surface area contributed by atoms with Crippen molar-refractivity contribution in [3.05, 3.63) is 101 Å². The van der Waals surface area contributed by atoms with Crippen LogP contribution in [0.3, 0.4) is 0 Å². The molecular formula is C23H22N2O. The predicted octanol–water partition coefficient (Wildman–Crippen LogP) is 4.78. The molecule has 1 N–H and O–H groups in total. The van der Waals surface area contributed by atoms with E-state index in [0.717, 1.165) is 16.6 Å². The standard InChI is InChI=1S/C23H22N2O/c1-16-12-13-17(2)19(14-16)15-25-21-11-7-6-10-20(21)24-23(25)22(26)18-8-4-3-5-9-18/h3-14,22,26H,15H2,1-2H3/t22-/m0/s1. The Kier molecular flexibility index (Phi) is 4.31. The molecule has 0 aliphatic heterocycles. The van der Waals surface area contributed by atoms with Crippen molar-refractivity contribution in [2.24, 2.45) is 0 Å². The highest BCUT2D eigenvalue weighted by molar-refractivity contribution is 5.76. The van der Waals surface area contributed by atoms with Crippen LogP contribution >= 0.6 is 0 Å². The van der Waals surface area contributed by atoms with Gasteiger partial charge in [0.15, 0.2) is 0 Å². The van der Waals surface area contributed by atoms with Gasteiger partial charge in [-0.2, -0.15) is 0 Å². The number of para-hydroxylation sites is 2. The van der Waals surface area contributed by atoms with Crippen LogP contribution in [0.4, 0.5) is 0 Å². The number of aliphatic hydroxyl groups is 1. The number of fused-ring (bicyclic) bond motifs is 1. The lowest BCUT2D eigenvalue weighted by atomic mass is 10.0. The molecule has 0 bridgehead atoms. The first-order chi connectivity index (χ1) is 12.6. The Balaban J connectivity index is 1.86. The number of imidazole rings is 1. The van der Waals surface area contributed by atoms with E-state index in [4.69, 9.17) is 4.98 Å². The van der Waals surface area contributed by atoms with E-state index in [9.17, 15) is 5.11 Å². The average molecular weight is 342 g/mol. The number of aliphatic hydroxyl groups excluding tert-OH is 1. The zero-order valence-electron chi connectivity index (χ0n) is 15.1. The first-order valence-electron chi connectivity index (χ1n) is 8.88. The maximum atomic E-state index is 11.0. The second-order valence-corrected chi connectivity index (χ2v) is 6.79. The Morgan fingerprint density at radius 3 is 2.46 bits per heavy atom. The second-order valence-electron chi connectivity index (χ2n) is 6.79. The number of benzene rings is 3. The number of rotatable bonds is 4. The molecular weight excluding hydrogens is 320 g/mol. The van der Waals surface area contributed by atoms with Crippen LogP contribution in [0.25, 0.3) is 11.0 Å². The summed E-state index contributed by atoms with van der Waals surface area (Å²) in [4.78, 5) is 4.75. The van der Waals surface area contributed by atoms with Crippen molar-refractivity contribution in [1.29, 1.82) is 0 Å². The molecule has 0 fully saturated rings. The van der Waals surface area contributed by atoms with Crippen molar-refractivity contribution in [1.82, 2.24) is 9.55 Å². The lowest BCUT2D eigenvalue weighted by Gasteiger charge is -2.16. The summed E-state index contributed by atoms with van der Waals surface area (Å²) in [5, 5.41) is 11.0. The fourth-order valence-corrected chi connectivity index (χ4v) is 3.39. The quantitative estimate of drug-likeness (QED) is 0.579. The summed E-state index contributed by atoms with van der Waals surface area (Å²) in [6.07, 6.45) is -0.756. The third-order valence-electron chi connectivity index (χ3n) is 4.88. The third-order valence-corrected chi connectivity index (χ3v) is 4.88. The Labute approximate surface area is 153 Å². The molecule has 1 aromatic heterocycles. The Morgan fingerprint density at radius 1 is 0.923 bits per heavy atom. The number of hydrogen-bond donors (Lipinski definition) is 1. The highest BCUT2D eigenvalue weighted by Crippen LogP contribution is 2.27. The van der Waals surface area contributed by atoms with Gasteiger partial charge in [-0.15, -0.1) is 0 Å². The molecule has 130 valence electrons. The molecule has 0 radical (unpaired) electrons. The molecule has 26 heavy (non-hydrogen) atoms. The molecule has 0 saturated carbocycles. The Morgan fingerprint density at radius 2 is 1.65 bits per heavy atom. The summed E-state index contributed by atoms with van der Waals surface area (Å²) in [6, 6.07) is 24.3. The molecule has 0 aliphatic carbocycles. The monoisotopic (exact) mass is 342 g/mol. The zero-order valence-corrected chi connectivity index (χ0v) is 15.1. The van der Waals surface area contributed by atoms with Crippen molar-refractivity contribution in [3.8, 4) is 0 Å². The van der Waals surface area contributed by atoms with Crippen molar-refractivity contribution in [2.45, 2.75) is 26.5 Å². The summed E-state index contributed by atoms with van der Waals surface area (Å²) < 4.78 is 2.13. The summed E-state index contributed by atoms with van der Waals surface area (Å²) in [5.41, 5.74) is 6.52. The third kappa shape index (κ3) is 3.02. The predicted molar refractivity (Wildman–Crippen MR) is 105 cm³/mol. The van der Waals surface area contributed by atoms with Gasteiger partial charge >= 0.3 is 0 Å². The number of nitrogens with zero attached hydrogens (tertiary/aromatic N) is 2. The van der Waals surface area contributed by atoms with Crippen LogP contribution in [0, 0.1) is 13.8 Å². The zero-order chi connectivity index (χ0) is 18.1. The molecule has 0 amide bonds. The summed E-state index contributed by atoms with van der Waals surface area (Å²) in [6.45, 7) is 4.92. The van der Waals surface area contributed by atoms with Gasteiger partial charge in [-0.1, -0.05) is 66.2 Å². The molecule has 4 aromatic rings. The van der Waals surface area contributed by atoms with Crippen LogP contribution in [0.2, 0.25) is 0 Å². The minimum absolute atomic E-state index is 0.679.